The molecule has 2 aromatic heterocycles. The second-order valence-corrected chi connectivity index (χ2v) is 7.79. The first-order valence-electron chi connectivity index (χ1n) is 9.25. The second kappa shape index (κ2) is 7.90. The monoisotopic (exact) mass is 386 g/mol. The Hall–Kier alpha value is -3.05. The van der Waals surface area contributed by atoms with Gasteiger partial charge in [-0.1, -0.05) is 54.1 Å². The molecule has 2 heterocycles. The molecule has 2 aromatic carbocycles. The molecule has 1 N–H and O–H groups in total. The van der Waals surface area contributed by atoms with Crippen LogP contribution in [0.5, 0.6) is 0 Å². The Morgan fingerprint density at radius 2 is 1.43 bits per heavy atom. The molecule has 140 valence electrons. The van der Waals surface area contributed by atoms with Crippen LogP contribution >= 0.6 is 11.3 Å². The van der Waals surface area contributed by atoms with Crippen molar-refractivity contribution >= 4 is 17.3 Å². The lowest BCUT2D eigenvalue weighted by molar-refractivity contribution is 1.00. The molecule has 0 aliphatic carbocycles. The summed E-state index contributed by atoms with van der Waals surface area (Å²) in [5.74, 6) is 0.671. The predicted octanol–water partition coefficient (Wildman–Crippen LogP) is 5.80. The van der Waals surface area contributed by atoms with Gasteiger partial charge < -0.3 is 5.32 Å². The highest BCUT2D eigenvalue weighted by Crippen LogP contribution is 2.29. The van der Waals surface area contributed by atoms with E-state index in [1.54, 1.807) is 11.3 Å². The van der Waals surface area contributed by atoms with Crippen molar-refractivity contribution in [1.29, 1.82) is 0 Å². The topological polar surface area (TPSA) is 50.7 Å². The van der Waals surface area contributed by atoms with Crippen molar-refractivity contribution in [3.63, 3.8) is 0 Å². The van der Waals surface area contributed by atoms with E-state index in [2.05, 4.69) is 76.1 Å². The molecule has 0 radical (unpaired) electrons. The van der Waals surface area contributed by atoms with Crippen LogP contribution in [0, 0.1) is 20.8 Å². The van der Waals surface area contributed by atoms with E-state index >= 15 is 0 Å². The quantitative estimate of drug-likeness (QED) is 0.471. The molecule has 0 aliphatic rings. The van der Waals surface area contributed by atoms with E-state index in [1.807, 2.05) is 19.9 Å². The summed E-state index contributed by atoms with van der Waals surface area (Å²) in [7, 11) is 0. The molecule has 0 amide bonds. The fourth-order valence-electron chi connectivity index (χ4n) is 3.01. The number of anilines is 1. The van der Waals surface area contributed by atoms with Crippen molar-refractivity contribution in [3.05, 3.63) is 82.5 Å². The first-order valence-corrected chi connectivity index (χ1v) is 10.1. The normalized spacial score (nSPS) is 10.8. The summed E-state index contributed by atoms with van der Waals surface area (Å²) in [6.45, 7) is 6.75. The largest absolute Gasteiger partial charge is 0.350 e. The molecule has 28 heavy (non-hydrogen) atoms. The third-order valence-electron chi connectivity index (χ3n) is 4.49. The molecular formula is C23H22N4S. The average molecular weight is 387 g/mol. The van der Waals surface area contributed by atoms with E-state index in [4.69, 9.17) is 4.98 Å². The van der Waals surface area contributed by atoms with Crippen LogP contribution in [0.1, 0.15) is 22.5 Å². The van der Waals surface area contributed by atoms with Gasteiger partial charge in [0, 0.05) is 34.4 Å². The van der Waals surface area contributed by atoms with Crippen LogP contribution in [0.15, 0.2) is 60.0 Å². The Labute approximate surface area is 169 Å². The van der Waals surface area contributed by atoms with Crippen molar-refractivity contribution < 1.29 is 0 Å². The molecule has 0 atom stereocenters. The van der Waals surface area contributed by atoms with Crippen LogP contribution in [0.2, 0.25) is 0 Å². The number of hydrogen-bond acceptors (Lipinski definition) is 5. The number of aromatic nitrogens is 3. The van der Waals surface area contributed by atoms with Crippen LogP contribution in [-0.4, -0.2) is 15.0 Å². The molecule has 4 nitrogen and oxygen atoms in total. The Morgan fingerprint density at radius 3 is 2.11 bits per heavy atom. The van der Waals surface area contributed by atoms with Crippen molar-refractivity contribution in [2.45, 2.75) is 27.3 Å². The maximum atomic E-state index is 4.81. The van der Waals surface area contributed by atoms with Gasteiger partial charge in [0.05, 0.1) is 5.69 Å². The maximum Gasteiger partial charge on any atom is 0.223 e. The van der Waals surface area contributed by atoms with Gasteiger partial charge in [0.2, 0.25) is 5.95 Å². The molecule has 4 rings (SSSR count). The number of aryl methyl sites for hydroxylation is 3. The van der Waals surface area contributed by atoms with E-state index < -0.39 is 0 Å². The molecule has 5 heteroatoms. The first-order chi connectivity index (χ1) is 13.6. The van der Waals surface area contributed by atoms with E-state index in [0.717, 1.165) is 33.2 Å². The molecule has 0 saturated heterocycles. The van der Waals surface area contributed by atoms with Gasteiger partial charge in [-0.3, -0.25) is 0 Å². The van der Waals surface area contributed by atoms with Gasteiger partial charge >= 0.3 is 0 Å². The zero-order valence-corrected chi connectivity index (χ0v) is 17.0. The van der Waals surface area contributed by atoms with Gasteiger partial charge in [-0.2, -0.15) is 0 Å². The lowest BCUT2D eigenvalue weighted by Gasteiger charge is -2.07. The number of thiazole rings is 1. The van der Waals surface area contributed by atoms with Gasteiger partial charge in [0.15, 0.2) is 0 Å². The molecule has 0 bridgehead atoms. The lowest BCUT2D eigenvalue weighted by Crippen LogP contribution is -2.05. The number of hydrogen-bond donors (Lipinski definition) is 1. The number of nitrogens with one attached hydrogen (secondary N) is 1. The summed E-state index contributed by atoms with van der Waals surface area (Å²) in [4.78, 5) is 13.6. The minimum atomic E-state index is 0.671. The molecule has 0 saturated carbocycles. The summed E-state index contributed by atoms with van der Waals surface area (Å²) in [5.41, 5.74) is 7.70. The van der Waals surface area contributed by atoms with Crippen molar-refractivity contribution in [1.82, 2.24) is 15.0 Å². The zero-order chi connectivity index (χ0) is 19.5. The van der Waals surface area contributed by atoms with Crippen LogP contribution in [0.3, 0.4) is 0 Å². The zero-order valence-electron chi connectivity index (χ0n) is 16.2. The van der Waals surface area contributed by atoms with Gasteiger partial charge in [-0.05, 0) is 32.4 Å². The van der Waals surface area contributed by atoms with E-state index in [0.29, 0.717) is 12.5 Å². The highest BCUT2D eigenvalue weighted by Gasteiger charge is 2.07. The van der Waals surface area contributed by atoms with Crippen molar-refractivity contribution in [2.75, 3.05) is 5.32 Å². The molecule has 0 fully saturated rings. The summed E-state index contributed by atoms with van der Waals surface area (Å²) in [6.07, 6.45) is 0. The van der Waals surface area contributed by atoms with Gasteiger partial charge in [0.25, 0.3) is 0 Å². The second-order valence-electron chi connectivity index (χ2n) is 6.93. The molecule has 4 aromatic rings. The molecular weight excluding hydrogens is 364 g/mol. The molecule has 0 aliphatic heterocycles. The smallest absolute Gasteiger partial charge is 0.223 e. The minimum Gasteiger partial charge on any atom is -0.350 e. The summed E-state index contributed by atoms with van der Waals surface area (Å²) >= 11 is 1.67. The van der Waals surface area contributed by atoms with Crippen LogP contribution < -0.4 is 5.32 Å². The van der Waals surface area contributed by atoms with E-state index in [1.165, 1.54) is 11.1 Å². The van der Waals surface area contributed by atoms with Gasteiger partial charge in [0.1, 0.15) is 5.01 Å². The fourth-order valence-corrected chi connectivity index (χ4v) is 3.85. The SMILES string of the molecule is Cc1ccc(-c2csc(-c3ccc(CNc4nc(C)cc(C)n4)cc3)n2)cc1. The predicted molar refractivity (Wildman–Crippen MR) is 117 cm³/mol. The van der Waals surface area contributed by atoms with Crippen LogP contribution in [-0.2, 0) is 6.54 Å². The maximum absolute atomic E-state index is 4.81. The Balaban J connectivity index is 1.45. The number of nitrogens with zero attached hydrogens (tertiary/aromatic N) is 3. The molecule has 0 unspecified atom stereocenters. The summed E-state index contributed by atoms with van der Waals surface area (Å²) in [6, 6.07) is 18.9. The van der Waals surface area contributed by atoms with Crippen LogP contribution in [0.25, 0.3) is 21.8 Å². The molecule has 0 spiro atoms. The lowest BCUT2D eigenvalue weighted by atomic mass is 10.1. The Kier molecular flexibility index (Phi) is 5.17. The number of benzene rings is 2. The highest BCUT2D eigenvalue weighted by molar-refractivity contribution is 7.13. The summed E-state index contributed by atoms with van der Waals surface area (Å²) < 4.78 is 0. The standard InChI is InChI=1S/C23H22N4S/c1-15-4-8-19(9-5-15)21-14-28-22(27-21)20-10-6-18(7-11-20)13-24-23-25-16(2)12-17(3)26-23/h4-12,14H,13H2,1-3H3,(H,24,25,26). The summed E-state index contributed by atoms with van der Waals surface area (Å²) in [5, 5.41) is 6.45. The van der Waals surface area contributed by atoms with Crippen molar-refractivity contribution in [2.24, 2.45) is 0 Å². The fraction of sp³-hybridized carbons (Fsp3) is 0.174. The highest BCUT2D eigenvalue weighted by atomic mass is 32.1. The van der Waals surface area contributed by atoms with E-state index in [-0.39, 0.29) is 0 Å². The average Bonchev–Trinajstić information content (AvgIpc) is 3.17. The van der Waals surface area contributed by atoms with Gasteiger partial charge in [-0.25, -0.2) is 15.0 Å². The van der Waals surface area contributed by atoms with E-state index in [9.17, 15) is 0 Å². The first kappa shape index (κ1) is 18.3. The minimum absolute atomic E-state index is 0.671. The van der Waals surface area contributed by atoms with Crippen LogP contribution in [0.4, 0.5) is 5.95 Å². The third-order valence-corrected chi connectivity index (χ3v) is 5.38. The Morgan fingerprint density at radius 1 is 0.786 bits per heavy atom. The third kappa shape index (κ3) is 4.26. The van der Waals surface area contributed by atoms with Gasteiger partial charge in [-0.15, -0.1) is 11.3 Å². The van der Waals surface area contributed by atoms with Crippen molar-refractivity contribution in [3.8, 4) is 21.8 Å². The number of rotatable bonds is 5. The Bertz CT molecular complexity index is 1060.